The second-order valence-corrected chi connectivity index (χ2v) is 6.13. The van der Waals surface area contributed by atoms with E-state index in [1.807, 2.05) is 20.8 Å². The van der Waals surface area contributed by atoms with E-state index in [4.69, 9.17) is 10.5 Å². The smallest absolute Gasteiger partial charge is 0.407 e. The van der Waals surface area contributed by atoms with Gasteiger partial charge in [-0.15, -0.1) is 0 Å². The van der Waals surface area contributed by atoms with Crippen LogP contribution in [-0.4, -0.2) is 51.0 Å². The van der Waals surface area contributed by atoms with Crippen LogP contribution in [-0.2, 0) is 4.74 Å². The zero-order valence-corrected chi connectivity index (χ0v) is 14.0. The van der Waals surface area contributed by atoms with Crippen LogP contribution in [0.2, 0.25) is 0 Å². The number of rotatable bonds is 12. The molecule has 0 aromatic rings. The first kappa shape index (κ1) is 20.1. The van der Waals surface area contributed by atoms with E-state index in [1.54, 1.807) is 0 Å². The summed E-state index contributed by atoms with van der Waals surface area (Å²) < 4.78 is 5.16. The van der Waals surface area contributed by atoms with Crippen molar-refractivity contribution >= 4 is 6.09 Å². The number of carbonyl (C=O) groups excluding carboxylic acids is 1. The topological polar surface area (TPSA) is 88.4 Å². The predicted octanol–water partition coefficient (Wildman–Crippen LogP) is 1.21. The quantitative estimate of drug-likeness (QED) is 0.407. The molecule has 0 heterocycles. The van der Waals surface area contributed by atoms with Crippen molar-refractivity contribution in [1.29, 1.82) is 0 Å². The Morgan fingerprint density at radius 3 is 2.05 bits per heavy atom. The Hall–Kier alpha value is -0.850. The zero-order valence-electron chi connectivity index (χ0n) is 14.0. The number of unbranched alkanes of at least 4 members (excludes halogenated alkanes) is 3. The van der Waals surface area contributed by atoms with E-state index in [0.717, 1.165) is 39.0 Å². The van der Waals surface area contributed by atoms with Gasteiger partial charge in [-0.3, -0.25) is 0 Å². The Labute approximate surface area is 129 Å². The third kappa shape index (κ3) is 17.1. The number of hydrogen-bond donors (Lipinski definition) is 4. The lowest BCUT2D eigenvalue weighted by molar-refractivity contribution is 0.0527. The molecule has 0 unspecified atom stereocenters. The summed E-state index contributed by atoms with van der Waals surface area (Å²) in [7, 11) is 0. The van der Waals surface area contributed by atoms with Crippen molar-refractivity contribution in [2.75, 3.05) is 39.3 Å². The molecule has 0 rings (SSSR count). The van der Waals surface area contributed by atoms with Crippen LogP contribution in [0.25, 0.3) is 0 Å². The van der Waals surface area contributed by atoms with Gasteiger partial charge in [-0.1, -0.05) is 12.8 Å². The third-order valence-electron chi connectivity index (χ3n) is 2.75. The molecule has 6 nitrogen and oxygen atoms in total. The first-order chi connectivity index (χ1) is 9.95. The molecule has 126 valence electrons. The predicted molar refractivity (Wildman–Crippen MR) is 87.5 cm³/mol. The monoisotopic (exact) mass is 302 g/mol. The summed E-state index contributed by atoms with van der Waals surface area (Å²) in [5.74, 6) is 0. The minimum Gasteiger partial charge on any atom is -0.444 e. The molecule has 0 atom stereocenters. The molecule has 0 saturated heterocycles. The molecule has 0 aliphatic rings. The van der Waals surface area contributed by atoms with Crippen molar-refractivity contribution in [2.24, 2.45) is 5.73 Å². The fraction of sp³-hybridized carbons (Fsp3) is 0.933. The minimum atomic E-state index is -0.422. The van der Waals surface area contributed by atoms with Gasteiger partial charge in [-0.2, -0.15) is 0 Å². The summed E-state index contributed by atoms with van der Waals surface area (Å²) in [6, 6.07) is 0. The van der Waals surface area contributed by atoms with E-state index in [2.05, 4.69) is 16.0 Å². The van der Waals surface area contributed by atoms with Gasteiger partial charge in [0.05, 0.1) is 0 Å². The number of ether oxygens (including phenoxy) is 1. The summed E-state index contributed by atoms with van der Waals surface area (Å²) >= 11 is 0. The second-order valence-electron chi connectivity index (χ2n) is 6.13. The lowest BCUT2D eigenvalue weighted by Crippen LogP contribution is -2.33. The van der Waals surface area contributed by atoms with Crippen LogP contribution in [0.5, 0.6) is 0 Å². The van der Waals surface area contributed by atoms with Crippen LogP contribution in [0.1, 0.15) is 46.5 Å². The highest BCUT2D eigenvalue weighted by Gasteiger charge is 2.15. The Morgan fingerprint density at radius 2 is 1.48 bits per heavy atom. The van der Waals surface area contributed by atoms with Crippen molar-refractivity contribution in [2.45, 2.75) is 52.1 Å². The van der Waals surface area contributed by atoms with E-state index in [-0.39, 0.29) is 6.09 Å². The molecular formula is C15H34N4O2. The lowest BCUT2D eigenvalue weighted by Gasteiger charge is -2.19. The maximum Gasteiger partial charge on any atom is 0.407 e. The highest BCUT2D eigenvalue weighted by Crippen LogP contribution is 2.06. The molecule has 5 N–H and O–H groups in total. The Kier molecular flexibility index (Phi) is 12.3. The molecule has 21 heavy (non-hydrogen) atoms. The van der Waals surface area contributed by atoms with Gasteiger partial charge in [0, 0.05) is 32.7 Å². The Bertz CT molecular complexity index is 255. The Balaban J connectivity index is 3.17. The van der Waals surface area contributed by atoms with Gasteiger partial charge in [0.15, 0.2) is 0 Å². The molecule has 0 aliphatic carbocycles. The molecule has 0 aromatic carbocycles. The summed E-state index contributed by atoms with van der Waals surface area (Å²) in [5.41, 5.74) is 4.96. The van der Waals surface area contributed by atoms with Gasteiger partial charge in [0.2, 0.25) is 0 Å². The van der Waals surface area contributed by atoms with Crippen molar-refractivity contribution in [3.8, 4) is 0 Å². The second kappa shape index (κ2) is 12.9. The first-order valence-corrected chi connectivity index (χ1v) is 8.04. The van der Waals surface area contributed by atoms with Gasteiger partial charge in [0.25, 0.3) is 0 Å². The molecule has 0 aromatic heterocycles. The maximum atomic E-state index is 11.4. The van der Waals surface area contributed by atoms with Gasteiger partial charge in [0.1, 0.15) is 5.60 Å². The normalized spacial score (nSPS) is 11.4. The fourth-order valence-electron chi connectivity index (χ4n) is 1.76. The van der Waals surface area contributed by atoms with Gasteiger partial charge in [-0.25, -0.2) is 4.79 Å². The minimum absolute atomic E-state index is 0.325. The van der Waals surface area contributed by atoms with Crippen LogP contribution in [0.3, 0.4) is 0 Å². The molecule has 0 radical (unpaired) electrons. The van der Waals surface area contributed by atoms with Crippen molar-refractivity contribution in [3.05, 3.63) is 0 Å². The van der Waals surface area contributed by atoms with Crippen LogP contribution in [0.4, 0.5) is 4.79 Å². The number of hydrogen-bond acceptors (Lipinski definition) is 5. The maximum absolute atomic E-state index is 11.4. The average molecular weight is 302 g/mol. The van der Waals surface area contributed by atoms with E-state index in [1.165, 1.54) is 12.8 Å². The largest absolute Gasteiger partial charge is 0.444 e. The van der Waals surface area contributed by atoms with Gasteiger partial charge in [-0.05, 0) is 40.2 Å². The van der Waals surface area contributed by atoms with E-state index in [9.17, 15) is 4.79 Å². The highest BCUT2D eigenvalue weighted by molar-refractivity contribution is 5.67. The van der Waals surface area contributed by atoms with Gasteiger partial charge >= 0.3 is 6.09 Å². The number of nitrogens with two attached hydrogens (primary N) is 1. The molecule has 0 spiro atoms. The molecule has 0 saturated carbocycles. The third-order valence-corrected chi connectivity index (χ3v) is 2.75. The van der Waals surface area contributed by atoms with Gasteiger partial charge < -0.3 is 26.4 Å². The van der Waals surface area contributed by atoms with Crippen LogP contribution >= 0.6 is 0 Å². The molecule has 0 aliphatic heterocycles. The van der Waals surface area contributed by atoms with Crippen LogP contribution in [0.15, 0.2) is 0 Å². The van der Waals surface area contributed by atoms with E-state index in [0.29, 0.717) is 13.1 Å². The summed E-state index contributed by atoms with van der Waals surface area (Å²) in [5, 5.41) is 9.40. The van der Waals surface area contributed by atoms with Crippen molar-refractivity contribution < 1.29 is 9.53 Å². The number of carbonyl (C=O) groups is 1. The summed E-state index contributed by atoms with van der Waals surface area (Å²) in [6.07, 6.45) is 4.15. The van der Waals surface area contributed by atoms with E-state index < -0.39 is 5.60 Å². The SMILES string of the molecule is CC(C)(C)OC(=O)NCCCCCCNCCNCCN. The lowest BCUT2D eigenvalue weighted by atomic mass is 10.2. The number of amides is 1. The van der Waals surface area contributed by atoms with Crippen molar-refractivity contribution in [1.82, 2.24) is 16.0 Å². The zero-order chi connectivity index (χ0) is 16.0. The molecule has 0 bridgehead atoms. The van der Waals surface area contributed by atoms with Crippen LogP contribution < -0.4 is 21.7 Å². The highest BCUT2D eigenvalue weighted by atomic mass is 16.6. The molecule has 1 amide bonds. The first-order valence-electron chi connectivity index (χ1n) is 8.04. The molecule has 6 heteroatoms. The fourth-order valence-corrected chi connectivity index (χ4v) is 1.76. The molecular weight excluding hydrogens is 268 g/mol. The molecule has 0 fully saturated rings. The Morgan fingerprint density at radius 1 is 0.905 bits per heavy atom. The van der Waals surface area contributed by atoms with Crippen molar-refractivity contribution in [3.63, 3.8) is 0 Å². The summed E-state index contributed by atoms with van der Waals surface area (Å²) in [6.45, 7) is 10.9. The average Bonchev–Trinajstić information content (AvgIpc) is 2.38. The van der Waals surface area contributed by atoms with E-state index >= 15 is 0 Å². The van der Waals surface area contributed by atoms with Crippen LogP contribution in [0, 0.1) is 0 Å². The standard InChI is InChI=1S/C15H34N4O2/c1-15(2,3)21-14(20)19-10-7-5-4-6-9-17-12-13-18-11-8-16/h17-18H,4-13,16H2,1-3H3,(H,19,20). The number of nitrogens with one attached hydrogen (secondary N) is 3. The summed E-state index contributed by atoms with van der Waals surface area (Å²) in [4.78, 5) is 11.4. The number of alkyl carbamates (subject to hydrolysis) is 1.